The first-order valence-electron chi connectivity index (χ1n) is 9.35. The van der Waals surface area contributed by atoms with Crippen molar-refractivity contribution < 1.29 is 13.9 Å². The number of benzene rings is 2. The van der Waals surface area contributed by atoms with E-state index in [1.165, 1.54) is 36.0 Å². The van der Waals surface area contributed by atoms with Crippen molar-refractivity contribution in [1.29, 1.82) is 0 Å². The maximum absolute atomic E-state index is 13.2. The lowest BCUT2D eigenvalue weighted by Crippen LogP contribution is -2.21. The van der Waals surface area contributed by atoms with Gasteiger partial charge in [0, 0.05) is 12.3 Å². The molecule has 9 heteroatoms. The molecule has 2 atom stereocenters. The highest BCUT2D eigenvalue weighted by atomic mass is 32.2. The van der Waals surface area contributed by atoms with Gasteiger partial charge in [0.25, 0.3) is 0 Å². The van der Waals surface area contributed by atoms with Gasteiger partial charge in [-0.25, -0.2) is 9.07 Å². The van der Waals surface area contributed by atoms with Crippen molar-refractivity contribution in [2.75, 3.05) is 11.9 Å². The van der Waals surface area contributed by atoms with Crippen LogP contribution in [0.15, 0.2) is 59.8 Å². The van der Waals surface area contributed by atoms with Gasteiger partial charge in [-0.2, -0.15) is 0 Å². The molecule has 1 aliphatic heterocycles. The number of anilines is 1. The van der Waals surface area contributed by atoms with Gasteiger partial charge in [0.15, 0.2) is 0 Å². The van der Waals surface area contributed by atoms with Gasteiger partial charge in [0.05, 0.1) is 12.6 Å². The first-order valence-corrected chi connectivity index (χ1v) is 10.2. The summed E-state index contributed by atoms with van der Waals surface area (Å²) in [4.78, 5) is 13.1. The predicted molar refractivity (Wildman–Crippen MR) is 107 cm³/mol. The van der Waals surface area contributed by atoms with E-state index in [2.05, 4.69) is 20.8 Å². The summed E-state index contributed by atoms with van der Waals surface area (Å²) in [6.07, 6.45) is 2.08. The summed E-state index contributed by atoms with van der Waals surface area (Å²) in [7, 11) is 0. The van der Waals surface area contributed by atoms with Crippen LogP contribution in [0.5, 0.6) is 0 Å². The molecule has 0 unspecified atom stereocenters. The van der Waals surface area contributed by atoms with E-state index in [1.54, 1.807) is 4.68 Å². The minimum atomic E-state index is -0.574. The second-order valence-corrected chi connectivity index (χ2v) is 7.76. The monoisotopic (exact) mass is 413 g/mol. The Labute approximate surface area is 171 Å². The number of carbonyl (C=O) groups is 1. The molecule has 0 spiro atoms. The first-order chi connectivity index (χ1) is 14.2. The number of rotatable bonds is 7. The maximum atomic E-state index is 13.2. The van der Waals surface area contributed by atoms with Gasteiger partial charge in [-0.15, -0.1) is 5.10 Å². The summed E-state index contributed by atoms with van der Waals surface area (Å²) in [5.41, 5.74) is 1.35. The molecule has 4 rings (SSSR count). The Morgan fingerprint density at radius 3 is 2.76 bits per heavy atom. The third-order valence-corrected chi connectivity index (χ3v) is 5.80. The van der Waals surface area contributed by atoms with Crippen molar-refractivity contribution in [1.82, 2.24) is 20.2 Å². The Morgan fingerprint density at radius 2 is 2.03 bits per heavy atom. The minimum Gasteiger partial charge on any atom is -0.376 e. The van der Waals surface area contributed by atoms with Crippen LogP contribution in [-0.2, 0) is 16.1 Å². The fourth-order valence-electron chi connectivity index (χ4n) is 3.12. The fourth-order valence-corrected chi connectivity index (χ4v) is 4.11. The van der Waals surface area contributed by atoms with Crippen molar-refractivity contribution >= 4 is 23.4 Å². The van der Waals surface area contributed by atoms with Crippen LogP contribution in [0, 0.1) is 5.82 Å². The molecule has 0 radical (unpaired) electrons. The number of nitrogens with zero attached hydrogens (tertiary/aromatic N) is 4. The normalized spacial score (nSPS) is 17.2. The van der Waals surface area contributed by atoms with Crippen LogP contribution in [0.25, 0.3) is 0 Å². The molecule has 1 N–H and O–H groups in total. The summed E-state index contributed by atoms with van der Waals surface area (Å²) in [5, 5.41) is 14.8. The lowest BCUT2D eigenvalue weighted by atomic mass is 10.1. The fraction of sp³-hybridized carbons (Fsp3) is 0.300. The van der Waals surface area contributed by atoms with Gasteiger partial charge in [-0.1, -0.05) is 42.1 Å². The highest BCUT2D eigenvalue weighted by Crippen LogP contribution is 2.35. The number of thioether (sulfide) groups is 1. The van der Waals surface area contributed by atoms with E-state index in [4.69, 9.17) is 4.74 Å². The standard InChI is InChI=1S/C20H20FN5O2S/c21-15-8-10-16(11-9-15)22-19(27)18(14-5-2-1-3-6-14)29-20-23-24-25-26(20)13-17-7-4-12-28-17/h1-3,5-6,8-11,17-18H,4,7,12-13H2,(H,22,27)/t17-,18+/m1/s1. The van der Waals surface area contributed by atoms with Crippen molar-refractivity contribution in [3.05, 3.63) is 66.0 Å². The summed E-state index contributed by atoms with van der Waals surface area (Å²) in [6, 6.07) is 15.1. The topological polar surface area (TPSA) is 81.9 Å². The molecule has 0 bridgehead atoms. The Bertz CT molecular complexity index is 945. The molecule has 1 saturated heterocycles. The lowest BCUT2D eigenvalue weighted by Gasteiger charge is -2.17. The molecule has 2 aromatic carbocycles. The summed E-state index contributed by atoms with van der Waals surface area (Å²) in [6.45, 7) is 1.30. The van der Waals surface area contributed by atoms with Crippen LogP contribution in [-0.4, -0.2) is 38.8 Å². The first kappa shape index (κ1) is 19.5. The van der Waals surface area contributed by atoms with Gasteiger partial charge >= 0.3 is 0 Å². The Hall–Kier alpha value is -2.78. The van der Waals surface area contributed by atoms with E-state index in [0.29, 0.717) is 17.4 Å². The predicted octanol–water partition coefficient (Wildman–Crippen LogP) is 3.46. The average molecular weight is 413 g/mol. The number of nitrogens with one attached hydrogen (secondary N) is 1. The van der Waals surface area contributed by atoms with E-state index in [1.807, 2.05) is 30.3 Å². The molecule has 2 heterocycles. The zero-order chi connectivity index (χ0) is 20.1. The Kier molecular flexibility index (Phi) is 6.16. The molecular formula is C20H20FN5O2S. The maximum Gasteiger partial charge on any atom is 0.242 e. The number of ether oxygens (including phenoxy) is 1. The molecule has 0 saturated carbocycles. The number of amides is 1. The summed E-state index contributed by atoms with van der Waals surface area (Å²) >= 11 is 1.27. The van der Waals surface area contributed by atoms with Crippen LogP contribution in [0.2, 0.25) is 0 Å². The van der Waals surface area contributed by atoms with Crippen molar-refractivity contribution in [3.63, 3.8) is 0 Å². The average Bonchev–Trinajstić information content (AvgIpc) is 3.41. The molecule has 1 amide bonds. The molecular weight excluding hydrogens is 393 g/mol. The second-order valence-electron chi connectivity index (χ2n) is 6.68. The lowest BCUT2D eigenvalue weighted by molar-refractivity contribution is -0.115. The number of hydrogen-bond acceptors (Lipinski definition) is 6. The number of hydrogen-bond donors (Lipinski definition) is 1. The van der Waals surface area contributed by atoms with Crippen molar-refractivity contribution in [3.8, 4) is 0 Å². The van der Waals surface area contributed by atoms with E-state index < -0.39 is 5.25 Å². The third kappa shape index (κ3) is 4.99. The van der Waals surface area contributed by atoms with E-state index in [0.717, 1.165) is 25.0 Å². The third-order valence-electron chi connectivity index (χ3n) is 4.58. The number of carbonyl (C=O) groups excluding carboxylic acids is 1. The molecule has 7 nitrogen and oxygen atoms in total. The molecule has 0 aliphatic carbocycles. The van der Waals surface area contributed by atoms with E-state index >= 15 is 0 Å². The van der Waals surface area contributed by atoms with Gasteiger partial charge in [0.2, 0.25) is 11.1 Å². The van der Waals surface area contributed by atoms with Crippen molar-refractivity contribution in [2.24, 2.45) is 0 Å². The van der Waals surface area contributed by atoms with Crippen LogP contribution in [0.4, 0.5) is 10.1 Å². The molecule has 29 heavy (non-hydrogen) atoms. The van der Waals surface area contributed by atoms with Gasteiger partial charge in [-0.05, 0) is 53.1 Å². The quantitative estimate of drug-likeness (QED) is 0.598. The van der Waals surface area contributed by atoms with Crippen LogP contribution >= 0.6 is 11.8 Å². The van der Waals surface area contributed by atoms with Crippen LogP contribution < -0.4 is 5.32 Å². The number of halogens is 1. The highest BCUT2D eigenvalue weighted by Gasteiger charge is 2.26. The van der Waals surface area contributed by atoms with Gasteiger partial charge in [0.1, 0.15) is 11.1 Å². The summed E-state index contributed by atoms with van der Waals surface area (Å²) in [5.74, 6) is -0.593. The smallest absolute Gasteiger partial charge is 0.242 e. The molecule has 1 aromatic heterocycles. The zero-order valence-electron chi connectivity index (χ0n) is 15.6. The SMILES string of the molecule is O=C(Nc1ccc(F)cc1)[C@@H](Sc1nnnn1C[C@H]1CCCO1)c1ccccc1. The summed E-state index contributed by atoms with van der Waals surface area (Å²) < 4.78 is 20.5. The molecule has 3 aromatic rings. The molecule has 1 aliphatic rings. The minimum absolute atomic E-state index is 0.0843. The molecule has 150 valence electrons. The Balaban J connectivity index is 1.54. The van der Waals surface area contributed by atoms with Gasteiger partial charge in [-0.3, -0.25) is 4.79 Å². The van der Waals surface area contributed by atoms with Crippen LogP contribution in [0.1, 0.15) is 23.7 Å². The largest absolute Gasteiger partial charge is 0.376 e. The Morgan fingerprint density at radius 1 is 1.24 bits per heavy atom. The second kappa shape index (κ2) is 9.15. The highest BCUT2D eigenvalue weighted by molar-refractivity contribution is 8.00. The van der Waals surface area contributed by atoms with Crippen LogP contribution in [0.3, 0.4) is 0 Å². The number of aromatic nitrogens is 4. The number of tetrazole rings is 1. The van der Waals surface area contributed by atoms with E-state index in [-0.39, 0.29) is 17.8 Å². The zero-order valence-corrected chi connectivity index (χ0v) is 16.4. The van der Waals surface area contributed by atoms with Crippen molar-refractivity contribution in [2.45, 2.75) is 35.9 Å². The van der Waals surface area contributed by atoms with Gasteiger partial charge < -0.3 is 10.1 Å². The molecule has 1 fully saturated rings. The van der Waals surface area contributed by atoms with E-state index in [9.17, 15) is 9.18 Å².